The number of rotatable bonds is 2. The monoisotopic (exact) mass is 195 g/mol. The van der Waals surface area contributed by atoms with Crippen molar-refractivity contribution in [3.8, 4) is 0 Å². The molecule has 0 aliphatic carbocycles. The number of hydrogen-bond acceptors (Lipinski definition) is 3. The first-order valence-electron chi connectivity index (χ1n) is 2.89. The zero-order chi connectivity index (χ0) is 6.53. The summed E-state index contributed by atoms with van der Waals surface area (Å²) in [4.78, 5) is 0. The molecular formula is C6H11Cl2N3. The smallest absolute Gasteiger partial charge is 0.0528 e. The van der Waals surface area contributed by atoms with Crippen molar-refractivity contribution in [2.75, 3.05) is 6.54 Å². The van der Waals surface area contributed by atoms with Gasteiger partial charge in [-0.05, 0) is 24.6 Å². The molecule has 1 heterocycles. The van der Waals surface area contributed by atoms with Crippen LogP contribution in [0.25, 0.3) is 0 Å². The molecule has 0 fully saturated rings. The lowest BCUT2D eigenvalue weighted by atomic mass is 10.2. The first kappa shape index (κ1) is 13.2. The van der Waals surface area contributed by atoms with Gasteiger partial charge < -0.3 is 5.73 Å². The maximum Gasteiger partial charge on any atom is 0.0528 e. The van der Waals surface area contributed by atoms with E-state index in [9.17, 15) is 0 Å². The molecule has 0 amide bonds. The molecule has 0 saturated heterocycles. The highest BCUT2D eigenvalue weighted by atomic mass is 35.5. The summed E-state index contributed by atoms with van der Waals surface area (Å²) in [5, 5.41) is 7.33. The minimum atomic E-state index is 0. The Kier molecular flexibility index (Phi) is 9.29. The molecule has 0 aliphatic heterocycles. The van der Waals surface area contributed by atoms with Crippen LogP contribution in [0.4, 0.5) is 0 Å². The summed E-state index contributed by atoms with van der Waals surface area (Å²) in [6, 6.07) is 1.92. The molecule has 1 aromatic heterocycles. The fourth-order valence-corrected chi connectivity index (χ4v) is 0.633. The Balaban J connectivity index is 0. The van der Waals surface area contributed by atoms with Crippen LogP contribution in [0.1, 0.15) is 5.56 Å². The maximum atomic E-state index is 5.31. The third-order valence-corrected chi connectivity index (χ3v) is 1.08. The Morgan fingerprint density at radius 3 is 2.45 bits per heavy atom. The van der Waals surface area contributed by atoms with Crippen LogP contribution in [-0.2, 0) is 6.42 Å². The second-order valence-electron chi connectivity index (χ2n) is 1.79. The normalized spacial score (nSPS) is 7.73. The summed E-state index contributed by atoms with van der Waals surface area (Å²) in [5.74, 6) is 0. The quantitative estimate of drug-likeness (QED) is 0.761. The average Bonchev–Trinajstić information content (AvgIpc) is 1.91. The van der Waals surface area contributed by atoms with Gasteiger partial charge in [0.15, 0.2) is 0 Å². The van der Waals surface area contributed by atoms with Crippen molar-refractivity contribution in [2.45, 2.75) is 6.42 Å². The summed E-state index contributed by atoms with van der Waals surface area (Å²) in [6.07, 6.45) is 4.29. The van der Waals surface area contributed by atoms with Crippen LogP contribution in [0.3, 0.4) is 0 Å². The topological polar surface area (TPSA) is 51.8 Å². The van der Waals surface area contributed by atoms with Crippen molar-refractivity contribution in [1.82, 2.24) is 10.2 Å². The molecular weight excluding hydrogens is 185 g/mol. The highest BCUT2D eigenvalue weighted by Crippen LogP contribution is 1.91. The van der Waals surface area contributed by atoms with Gasteiger partial charge in [-0.15, -0.1) is 24.8 Å². The van der Waals surface area contributed by atoms with Crippen molar-refractivity contribution in [3.63, 3.8) is 0 Å². The molecule has 0 atom stereocenters. The van der Waals surface area contributed by atoms with Crippen molar-refractivity contribution < 1.29 is 0 Å². The van der Waals surface area contributed by atoms with E-state index >= 15 is 0 Å². The van der Waals surface area contributed by atoms with Crippen LogP contribution in [0.5, 0.6) is 0 Å². The molecule has 0 radical (unpaired) electrons. The van der Waals surface area contributed by atoms with Gasteiger partial charge >= 0.3 is 0 Å². The van der Waals surface area contributed by atoms with E-state index in [1.54, 1.807) is 12.4 Å². The van der Waals surface area contributed by atoms with Crippen LogP contribution in [0.15, 0.2) is 18.5 Å². The van der Waals surface area contributed by atoms with E-state index in [1.165, 1.54) is 0 Å². The van der Waals surface area contributed by atoms with Crippen molar-refractivity contribution >= 4 is 24.8 Å². The molecule has 5 heteroatoms. The first-order valence-corrected chi connectivity index (χ1v) is 2.89. The van der Waals surface area contributed by atoms with Gasteiger partial charge in [0.1, 0.15) is 0 Å². The lowest BCUT2D eigenvalue weighted by molar-refractivity contribution is 0.926. The molecule has 0 spiro atoms. The van der Waals surface area contributed by atoms with Gasteiger partial charge in [-0.25, -0.2) is 0 Å². The van der Waals surface area contributed by atoms with Crippen molar-refractivity contribution in [2.24, 2.45) is 5.73 Å². The third-order valence-electron chi connectivity index (χ3n) is 1.08. The Hall–Kier alpha value is -0.380. The average molecular weight is 196 g/mol. The van der Waals surface area contributed by atoms with Gasteiger partial charge in [0.05, 0.1) is 6.20 Å². The predicted octanol–water partition coefficient (Wildman–Crippen LogP) is 0.821. The predicted molar refractivity (Wildman–Crippen MR) is 49.3 cm³/mol. The third kappa shape index (κ3) is 4.95. The minimum Gasteiger partial charge on any atom is -0.330 e. The Morgan fingerprint density at radius 2 is 2.00 bits per heavy atom. The molecule has 0 aliphatic rings. The Bertz CT molecular complexity index is 169. The van der Waals surface area contributed by atoms with Crippen molar-refractivity contribution in [3.05, 3.63) is 24.0 Å². The maximum absolute atomic E-state index is 5.31. The second kappa shape index (κ2) is 7.72. The molecule has 0 aromatic carbocycles. The highest BCUT2D eigenvalue weighted by molar-refractivity contribution is 5.85. The van der Waals surface area contributed by atoms with E-state index in [0.29, 0.717) is 6.54 Å². The highest BCUT2D eigenvalue weighted by Gasteiger charge is 1.86. The second-order valence-corrected chi connectivity index (χ2v) is 1.79. The van der Waals surface area contributed by atoms with E-state index in [0.717, 1.165) is 12.0 Å². The van der Waals surface area contributed by atoms with Crippen LogP contribution in [-0.4, -0.2) is 16.7 Å². The van der Waals surface area contributed by atoms with Crippen LogP contribution < -0.4 is 5.73 Å². The van der Waals surface area contributed by atoms with Crippen molar-refractivity contribution in [1.29, 1.82) is 0 Å². The van der Waals surface area contributed by atoms with Gasteiger partial charge in [-0.3, -0.25) is 0 Å². The molecule has 11 heavy (non-hydrogen) atoms. The Morgan fingerprint density at radius 1 is 1.27 bits per heavy atom. The summed E-state index contributed by atoms with van der Waals surface area (Å²) in [5.41, 5.74) is 6.46. The molecule has 64 valence electrons. The van der Waals surface area contributed by atoms with E-state index in [2.05, 4.69) is 10.2 Å². The van der Waals surface area contributed by atoms with Crippen LogP contribution in [0, 0.1) is 0 Å². The SMILES string of the molecule is Cl.Cl.NCCc1ccnnc1. The lowest BCUT2D eigenvalue weighted by Gasteiger charge is -1.92. The summed E-state index contributed by atoms with van der Waals surface area (Å²) >= 11 is 0. The summed E-state index contributed by atoms with van der Waals surface area (Å²) < 4.78 is 0. The molecule has 1 aromatic rings. The molecule has 2 N–H and O–H groups in total. The van der Waals surface area contributed by atoms with E-state index in [4.69, 9.17) is 5.73 Å². The Labute approximate surface area is 78.2 Å². The summed E-state index contributed by atoms with van der Waals surface area (Å²) in [7, 11) is 0. The molecule has 1 rings (SSSR count). The van der Waals surface area contributed by atoms with Gasteiger partial charge in [0.2, 0.25) is 0 Å². The van der Waals surface area contributed by atoms with Gasteiger partial charge in [-0.2, -0.15) is 10.2 Å². The molecule has 0 unspecified atom stereocenters. The fraction of sp³-hybridized carbons (Fsp3) is 0.333. The lowest BCUT2D eigenvalue weighted by Crippen LogP contribution is -2.02. The minimum absolute atomic E-state index is 0. The zero-order valence-corrected chi connectivity index (χ0v) is 7.57. The van der Waals surface area contributed by atoms with Gasteiger partial charge in [0.25, 0.3) is 0 Å². The van der Waals surface area contributed by atoms with E-state index in [1.807, 2.05) is 6.07 Å². The summed E-state index contributed by atoms with van der Waals surface area (Å²) in [6.45, 7) is 0.672. The molecule has 0 bridgehead atoms. The van der Waals surface area contributed by atoms with Gasteiger partial charge in [-0.1, -0.05) is 0 Å². The number of nitrogens with zero attached hydrogens (tertiary/aromatic N) is 2. The molecule has 3 nitrogen and oxygen atoms in total. The first-order chi connectivity index (χ1) is 4.43. The van der Waals surface area contributed by atoms with E-state index in [-0.39, 0.29) is 24.8 Å². The van der Waals surface area contributed by atoms with Gasteiger partial charge in [0, 0.05) is 6.20 Å². The number of aromatic nitrogens is 2. The fourth-order valence-electron chi connectivity index (χ4n) is 0.633. The van der Waals surface area contributed by atoms with E-state index < -0.39 is 0 Å². The molecule has 0 saturated carbocycles. The number of halogens is 2. The zero-order valence-electron chi connectivity index (χ0n) is 5.93. The number of nitrogens with two attached hydrogens (primary N) is 1. The standard InChI is InChI=1S/C6H9N3.2ClH/c7-3-1-6-2-4-8-9-5-6;;/h2,4-5H,1,3,7H2;2*1H. The van der Waals surface area contributed by atoms with Crippen LogP contribution in [0.2, 0.25) is 0 Å². The van der Waals surface area contributed by atoms with Crippen LogP contribution >= 0.6 is 24.8 Å². The largest absolute Gasteiger partial charge is 0.330 e. The number of hydrogen-bond donors (Lipinski definition) is 1.